The maximum absolute atomic E-state index is 10.1. The molecule has 0 spiro atoms. The van der Waals surface area contributed by atoms with Crippen molar-refractivity contribution in [3.63, 3.8) is 0 Å². The van der Waals surface area contributed by atoms with Crippen LogP contribution in [-0.2, 0) is 5.41 Å². The summed E-state index contributed by atoms with van der Waals surface area (Å²) in [5, 5.41) is 13.4. The molecule has 0 aliphatic carbocycles. The predicted octanol–water partition coefficient (Wildman–Crippen LogP) is 2.02. The Hall–Kier alpha value is -1.10. The first-order chi connectivity index (χ1) is 10.5. The molecule has 1 heterocycles. The van der Waals surface area contributed by atoms with E-state index in [2.05, 4.69) is 43.1 Å². The zero-order valence-corrected chi connectivity index (χ0v) is 14.1. The van der Waals surface area contributed by atoms with E-state index in [-0.39, 0.29) is 5.41 Å². The Labute approximate surface area is 134 Å². The first-order valence-corrected chi connectivity index (χ1v) is 8.36. The number of aliphatic hydroxyl groups excluding tert-OH is 1. The molecule has 1 fully saturated rings. The predicted molar refractivity (Wildman–Crippen MR) is 90.6 cm³/mol. The summed E-state index contributed by atoms with van der Waals surface area (Å²) < 4.78 is 5.72. The first-order valence-electron chi connectivity index (χ1n) is 8.36. The minimum Gasteiger partial charge on any atom is -0.491 e. The molecule has 1 aromatic rings. The number of rotatable bonds is 7. The van der Waals surface area contributed by atoms with Gasteiger partial charge in [-0.3, -0.25) is 4.90 Å². The Balaban J connectivity index is 1.78. The zero-order valence-electron chi connectivity index (χ0n) is 14.1. The number of β-amino-alcohol motifs (C(OH)–C–C–N with tert-alkyl or cyclic N) is 1. The van der Waals surface area contributed by atoms with E-state index in [0.717, 1.165) is 38.3 Å². The van der Waals surface area contributed by atoms with Gasteiger partial charge in [-0.1, -0.05) is 32.9 Å². The summed E-state index contributed by atoms with van der Waals surface area (Å²) in [6, 6.07) is 8.26. The lowest BCUT2D eigenvalue weighted by atomic mass is 9.82. The standard InChI is InChI=1S/C18H30N2O2/c1-4-18(2,3)15-5-7-17(8-6-15)22-14-16(21)13-20-11-9-19-10-12-20/h5-8,16,19,21H,4,9-14H2,1-3H3. The second kappa shape index (κ2) is 7.95. The highest BCUT2D eigenvalue weighted by atomic mass is 16.5. The SMILES string of the molecule is CCC(C)(C)c1ccc(OCC(O)CN2CCNCC2)cc1. The third-order valence-corrected chi connectivity index (χ3v) is 4.64. The van der Waals surface area contributed by atoms with E-state index >= 15 is 0 Å². The van der Waals surface area contributed by atoms with Crippen LogP contribution in [0.1, 0.15) is 32.8 Å². The molecule has 124 valence electrons. The van der Waals surface area contributed by atoms with E-state index in [4.69, 9.17) is 4.74 Å². The molecule has 1 aromatic carbocycles. The van der Waals surface area contributed by atoms with Gasteiger partial charge in [0.2, 0.25) is 0 Å². The molecule has 1 aliphatic heterocycles. The number of ether oxygens (including phenoxy) is 1. The quantitative estimate of drug-likeness (QED) is 0.809. The van der Waals surface area contributed by atoms with Crippen molar-refractivity contribution in [3.05, 3.63) is 29.8 Å². The van der Waals surface area contributed by atoms with E-state index in [1.165, 1.54) is 5.56 Å². The van der Waals surface area contributed by atoms with Gasteiger partial charge in [-0.25, -0.2) is 0 Å². The number of aliphatic hydroxyl groups is 1. The maximum Gasteiger partial charge on any atom is 0.119 e. The number of nitrogens with one attached hydrogen (secondary N) is 1. The largest absolute Gasteiger partial charge is 0.491 e. The number of piperazine rings is 1. The Kier molecular flexibility index (Phi) is 6.24. The Morgan fingerprint density at radius 3 is 2.45 bits per heavy atom. The Bertz CT molecular complexity index is 439. The molecule has 22 heavy (non-hydrogen) atoms. The monoisotopic (exact) mass is 306 g/mol. The van der Waals surface area contributed by atoms with Crippen molar-refractivity contribution >= 4 is 0 Å². The highest BCUT2D eigenvalue weighted by Crippen LogP contribution is 2.28. The van der Waals surface area contributed by atoms with Crippen LogP contribution in [0.15, 0.2) is 24.3 Å². The molecule has 1 unspecified atom stereocenters. The van der Waals surface area contributed by atoms with Crippen LogP contribution in [0.5, 0.6) is 5.75 Å². The molecule has 1 atom stereocenters. The molecule has 0 radical (unpaired) electrons. The maximum atomic E-state index is 10.1. The van der Waals surface area contributed by atoms with E-state index in [9.17, 15) is 5.11 Å². The van der Waals surface area contributed by atoms with Crippen molar-refractivity contribution in [3.8, 4) is 5.75 Å². The molecule has 1 aliphatic rings. The van der Waals surface area contributed by atoms with Crippen molar-refractivity contribution in [2.75, 3.05) is 39.3 Å². The van der Waals surface area contributed by atoms with E-state index in [1.54, 1.807) is 0 Å². The summed E-state index contributed by atoms with van der Waals surface area (Å²) in [6.07, 6.45) is 0.668. The van der Waals surface area contributed by atoms with Crippen LogP contribution in [0.3, 0.4) is 0 Å². The summed E-state index contributed by atoms with van der Waals surface area (Å²) in [5.41, 5.74) is 1.52. The van der Waals surface area contributed by atoms with Gasteiger partial charge in [0.25, 0.3) is 0 Å². The highest BCUT2D eigenvalue weighted by Gasteiger charge is 2.18. The second-order valence-electron chi connectivity index (χ2n) is 6.78. The summed E-state index contributed by atoms with van der Waals surface area (Å²) in [7, 11) is 0. The molecule has 4 nitrogen and oxygen atoms in total. The van der Waals surface area contributed by atoms with Crippen molar-refractivity contribution in [2.24, 2.45) is 0 Å². The van der Waals surface area contributed by atoms with E-state index in [1.807, 2.05) is 12.1 Å². The van der Waals surface area contributed by atoms with Crippen LogP contribution >= 0.6 is 0 Å². The summed E-state index contributed by atoms with van der Waals surface area (Å²) >= 11 is 0. The number of hydrogen-bond donors (Lipinski definition) is 2. The minimum atomic E-state index is -0.440. The molecule has 1 saturated heterocycles. The van der Waals surface area contributed by atoms with Gasteiger partial charge < -0.3 is 15.2 Å². The molecular weight excluding hydrogens is 276 g/mol. The molecule has 0 saturated carbocycles. The van der Waals surface area contributed by atoms with Gasteiger partial charge in [0.1, 0.15) is 18.5 Å². The lowest BCUT2D eigenvalue weighted by Crippen LogP contribution is -2.47. The number of hydrogen-bond acceptors (Lipinski definition) is 4. The van der Waals surface area contributed by atoms with Gasteiger partial charge in [0.05, 0.1) is 0 Å². The van der Waals surface area contributed by atoms with Crippen molar-refractivity contribution in [1.82, 2.24) is 10.2 Å². The van der Waals surface area contributed by atoms with Crippen LogP contribution in [0.2, 0.25) is 0 Å². The zero-order chi connectivity index (χ0) is 16.0. The highest BCUT2D eigenvalue weighted by molar-refractivity contribution is 5.31. The lowest BCUT2D eigenvalue weighted by molar-refractivity contribution is 0.0641. The van der Waals surface area contributed by atoms with Gasteiger partial charge >= 0.3 is 0 Å². The van der Waals surface area contributed by atoms with E-state index in [0.29, 0.717) is 13.2 Å². The van der Waals surface area contributed by atoms with Crippen molar-refractivity contribution in [2.45, 2.75) is 38.7 Å². The Morgan fingerprint density at radius 2 is 1.86 bits per heavy atom. The summed E-state index contributed by atoms with van der Waals surface area (Å²) in [6.45, 7) is 11.7. The molecule has 2 N–H and O–H groups in total. The van der Waals surface area contributed by atoms with Gasteiger partial charge in [-0.2, -0.15) is 0 Å². The molecule has 0 aromatic heterocycles. The fraction of sp³-hybridized carbons (Fsp3) is 0.667. The minimum absolute atomic E-state index is 0.195. The Morgan fingerprint density at radius 1 is 1.23 bits per heavy atom. The fourth-order valence-corrected chi connectivity index (χ4v) is 2.64. The van der Waals surface area contributed by atoms with Crippen LogP contribution in [0.25, 0.3) is 0 Å². The normalized spacial score (nSPS) is 18.2. The summed E-state index contributed by atoms with van der Waals surface area (Å²) in [5.74, 6) is 0.829. The average Bonchev–Trinajstić information content (AvgIpc) is 2.54. The van der Waals surface area contributed by atoms with Gasteiger partial charge in [0, 0.05) is 32.7 Å². The van der Waals surface area contributed by atoms with Gasteiger partial charge in [-0.05, 0) is 29.5 Å². The van der Waals surface area contributed by atoms with Gasteiger partial charge in [-0.15, -0.1) is 0 Å². The average molecular weight is 306 g/mol. The van der Waals surface area contributed by atoms with Crippen LogP contribution in [0, 0.1) is 0 Å². The molecular formula is C18H30N2O2. The smallest absolute Gasteiger partial charge is 0.119 e. The van der Waals surface area contributed by atoms with Gasteiger partial charge in [0.15, 0.2) is 0 Å². The topological polar surface area (TPSA) is 44.7 Å². The van der Waals surface area contributed by atoms with Crippen LogP contribution in [-0.4, -0.2) is 55.4 Å². The van der Waals surface area contributed by atoms with Crippen LogP contribution in [0.4, 0.5) is 0 Å². The summed E-state index contributed by atoms with van der Waals surface area (Å²) in [4.78, 5) is 2.28. The third kappa shape index (κ3) is 4.97. The van der Waals surface area contributed by atoms with Crippen molar-refractivity contribution < 1.29 is 9.84 Å². The molecule has 4 heteroatoms. The number of nitrogens with zero attached hydrogens (tertiary/aromatic N) is 1. The molecule has 0 bridgehead atoms. The second-order valence-corrected chi connectivity index (χ2v) is 6.78. The molecule has 0 amide bonds. The first kappa shape index (κ1) is 17.3. The fourth-order valence-electron chi connectivity index (χ4n) is 2.64. The number of benzene rings is 1. The lowest BCUT2D eigenvalue weighted by Gasteiger charge is -2.29. The van der Waals surface area contributed by atoms with Crippen LogP contribution < -0.4 is 10.1 Å². The molecule has 2 rings (SSSR count). The van der Waals surface area contributed by atoms with E-state index < -0.39 is 6.10 Å². The van der Waals surface area contributed by atoms with Crippen molar-refractivity contribution in [1.29, 1.82) is 0 Å². The third-order valence-electron chi connectivity index (χ3n) is 4.64.